The van der Waals surface area contributed by atoms with Gasteiger partial charge in [-0.3, -0.25) is 9.59 Å². The molecule has 0 aromatic heterocycles. The first kappa shape index (κ1) is 23.1. The lowest BCUT2D eigenvalue weighted by Gasteiger charge is -2.26. The van der Waals surface area contributed by atoms with E-state index in [1.807, 2.05) is 12.1 Å². The van der Waals surface area contributed by atoms with Crippen molar-refractivity contribution < 1.29 is 9.59 Å². The molecule has 1 aromatic carbocycles. The summed E-state index contributed by atoms with van der Waals surface area (Å²) >= 11 is 0. The predicted molar refractivity (Wildman–Crippen MR) is 122 cm³/mol. The van der Waals surface area contributed by atoms with Crippen molar-refractivity contribution in [2.24, 2.45) is 10.8 Å². The van der Waals surface area contributed by atoms with E-state index in [4.69, 9.17) is 0 Å². The Kier molecular flexibility index (Phi) is 6.88. The molecule has 0 bridgehead atoms. The minimum Gasteiger partial charge on any atom is -0.289 e. The molecule has 0 atom stereocenters. The number of carbonyl (C=O) groups excluding carboxylic acids is 2. The summed E-state index contributed by atoms with van der Waals surface area (Å²) in [4.78, 5) is 25.5. The van der Waals surface area contributed by atoms with Crippen molar-refractivity contribution in [1.29, 1.82) is 0 Å². The van der Waals surface area contributed by atoms with Gasteiger partial charge in [0.25, 0.3) is 0 Å². The van der Waals surface area contributed by atoms with Gasteiger partial charge in [-0.05, 0) is 50.9 Å². The quantitative estimate of drug-likeness (QED) is 0.469. The van der Waals surface area contributed by atoms with Crippen LogP contribution in [0, 0.1) is 10.8 Å². The maximum absolute atomic E-state index is 12.9. The third-order valence-electron chi connectivity index (χ3n) is 6.04. The highest BCUT2D eigenvalue weighted by Gasteiger charge is 2.28. The number of ketones is 2. The molecule has 156 valence electrons. The number of Topliss-reactive ketones (excluding diaryl/α,β-unsaturated/α-hetero) is 2. The molecule has 0 N–H and O–H groups in total. The van der Waals surface area contributed by atoms with Gasteiger partial charge < -0.3 is 0 Å². The Morgan fingerprint density at radius 1 is 0.897 bits per heavy atom. The van der Waals surface area contributed by atoms with Crippen molar-refractivity contribution in [2.45, 2.75) is 74.7 Å². The van der Waals surface area contributed by atoms with Crippen molar-refractivity contribution in [3.05, 3.63) is 69.8 Å². The number of carbonyl (C=O) groups is 2. The van der Waals surface area contributed by atoms with Gasteiger partial charge in [0.1, 0.15) is 0 Å². The van der Waals surface area contributed by atoms with Crippen LogP contribution in [0.3, 0.4) is 0 Å². The van der Waals surface area contributed by atoms with Crippen LogP contribution in [0.25, 0.3) is 0 Å². The van der Waals surface area contributed by atoms with Crippen LogP contribution >= 0.6 is 0 Å². The highest BCUT2D eigenvalue weighted by molar-refractivity contribution is 6.26. The molecule has 2 nitrogen and oxygen atoms in total. The van der Waals surface area contributed by atoms with Crippen LogP contribution in [0.4, 0.5) is 0 Å². The van der Waals surface area contributed by atoms with E-state index in [0.717, 1.165) is 12.8 Å². The molecular formula is C27H36O2. The summed E-state index contributed by atoms with van der Waals surface area (Å²) in [6, 6.07) is 7.13. The van der Waals surface area contributed by atoms with Crippen LogP contribution in [-0.4, -0.2) is 11.6 Å². The fraction of sp³-hybridized carbons (Fsp3) is 0.481. The summed E-state index contributed by atoms with van der Waals surface area (Å²) in [6.07, 6.45) is 6.99. The fourth-order valence-corrected chi connectivity index (χ4v) is 3.71. The molecule has 0 unspecified atom stereocenters. The maximum atomic E-state index is 12.9. The first-order chi connectivity index (χ1) is 13.3. The van der Waals surface area contributed by atoms with Crippen molar-refractivity contribution in [3.63, 3.8) is 0 Å². The Hall–Kier alpha value is -2.22. The third-order valence-corrected chi connectivity index (χ3v) is 6.04. The Balaban J connectivity index is 2.12. The minimum atomic E-state index is -0.0237. The number of allylic oxidation sites excluding steroid dienone is 6. The van der Waals surface area contributed by atoms with Crippen LogP contribution in [-0.2, 0) is 0 Å². The molecule has 0 saturated carbocycles. The second-order valence-corrected chi connectivity index (χ2v) is 10.2. The van der Waals surface area contributed by atoms with E-state index in [9.17, 15) is 9.59 Å². The zero-order valence-corrected chi connectivity index (χ0v) is 19.4. The van der Waals surface area contributed by atoms with Gasteiger partial charge in [0.05, 0.1) is 0 Å². The Labute approximate surface area is 176 Å². The second-order valence-electron chi connectivity index (χ2n) is 10.2. The van der Waals surface area contributed by atoms with E-state index in [0.29, 0.717) is 28.7 Å². The predicted octanol–water partition coefficient (Wildman–Crippen LogP) is 7.52. The zero-order chi connectivity index (χ0) is 22.0. The van der Waals surface area contributed by atoms with E-state index in [2.05, 4.69) is 60.6 Å². The third kappa shape index (κ3) is 5.65. The lowest BCUT2D eigenvalue weighted by molar-refractivity contribution is 0.0973. The summed E-state index contributed by atoms with van der Waals surface area (Å²) in [6.45, 7) is 17.4. The Bertz CT molecular complexity index is 899. The van der Waals surface area contributed by atoms with E-state index in [1.165, 1.54) is 11.1 Å². The molecule has 0 fully saturated rings. The van der Waals surface area contributed by atoms with Crippen LogP contribution < -0.4 is 0 Å². The largest absolute Gasteiger partial charge is 0.289 e. The lowest BCUT2D eigenvalue weighted by atomic mass is 9.79. The highest BCUT2D eigenvalue weighted by Crippen LogP contribution is 2.34. The van der Waals surface area contributed by atoms with Gasteiger partial charge in [-0.25, -0.2) is 0 Å². The molecule has 0 amide bonds. The average Bonchev–Trinajstić information content (AvgIpc) is 2.63. The van der Waals surface area contributed by atoms with Crippen LogP contribution in [0.2, 0.25) is 0 Å². The Morgan fingerprint density at radius 3 is 2.00 bits per heavy atom. The summed E-state index contributed by atoms with van der Waals surface area (Å²) in [5.41, 5.74) is 5.31. The lowest BCUT2D eigenvalue weighted by Crippen LogP contribution is -2.20. The van der Waals surface area contributed by atoms with Crippen molar-refractivity contribution >= 4 is 11.6 Å². The summed E-state index contributed by atoms with van der Waals surface area (Å²) in [5.74, 6) is -0.0332. The zero-order valence-electron chi connectivity index (χ0n) is 19.4. The normalized spacial score (nSPS) is 16.4. The SMILES string of the molecule is CC1=C(C/C=C(\C)CC(C)(C)C/C=C(\C)C(C)(C)C)C(=O)c2ccccc2C1=O. The number of benzene rings is 1. The van der Waals surface area contributed by atoms with Gasteiger partial charge in [0.15, 0.2) is 11.6 Å². The van der Waals surface area contributed by atoms with E-state index >= 15 is 0 Å². The fourth-order valence-electron chi connectivity index (χ4n) is 3.71. The molecule has 1 aliphatic rings. The molecule has 0 aliphatic heterocycles. The molecule has 0 radical (unpaired) electrons. The molecule has 2 heteroatoms. The molecule has 0 heterocycles. The van der Waals surface area contributed by atoms with E-state index in [-0.39, 0.29) is 22.4 Å². The number of fused-ring (bicyclic) bond motifs is 1. The summed E-state index contributed by atoms with van der Waals surface area (Å²) in [7, 11) is 0. The van der Waals surface area contributed by atoms with Crippen molar-refractivity contribution in [3.8, 4) is 0 Å². The smallest absolute Gasteiger partial charge is 0.190 e. The molecule has 2 rings (SSSR count). The average molecular weight is 393 g/mol. The van der Waals surface area contributed by atoms with Gasteiger partial charge in [-0.2, -0.15) is 0 Å². The monoisotopic (exact) mass is 392 g/mol. The standard InChI is InChI=1S/C27H36O2/c1-18(17-27(7,8)16-15-19(2)26(4,5)6)13-14-21-20(3)24(28)22-11-9-10-12-23(22)25(21)29/h9-13,15H,14,16-17H2,1-8H3/b18-13+,19-15+. The first-order valence-electron chi connectivity index (χ1n) is 10.5. The van der Waals surface area contributed by atoms with Gasteiger partial charge >= 0.3 is 0 Å². The van der Waals surface area contributed by atoms with Crippen molar-refractivity contribution in [2.75, 3.05) is 0 Å². The molecular weight excluding hydrogens is 356 g/mol. The molecule has 29 heavy (non-hydrogen) atoms. The highest BCUT2D eigenvalue weighted by atomic mass is 16.1. The molecule has 1 aromatic rings. The first-order valence-corrected chi connectivity index (χ1v) is 10.5. The molecule has 0 spiro atoms. The van der Waals surface area contributed by atoms with Gasteiger partial charge in [0, 0.05) is 22.3 Å². The topological polar surface area (TPSA) is 34.1 Å². The number of hydrogen-bond donors (Lipinski definition) is 0. The second kappa shape index (κ2) is 8.65. The number of hydrogen-bond acceptors (Lipinski definition) is 2. The van der Waals surface area contributed by atoms with Crippen LogP contribution in [0.5, 0.6) is 0 Å². The molecule has 0 saturated heterocycles. The number of rotatable bonds is 6. The molecule has 1 aliphatic carbocycles. The van der Waals surface area contributed by atoms with Gasteiger partial charge in [-0.1, -0.05) is 82.2 Å². The van der Waals surface area contributed by atoms with Crippen LogP contribution in [0.1, 0.15) is 95.4 Å². The summed E-state index contributed by atoms with van der Waals surface area (Å²) in [5, 5.41) is 0. The minimum absolute atomic E-state index is 0.00949. The van der Waals surface area contributed by atoms with Gasteiger partial charge in [0.2, 0.25) is 0 Å². The van der Waals surface area contributed by atoms with E-state index in [1.54, 1.807) is 19.1 Å². The summed E-state index contributed by atoms with van der Waals surface area (Å²) < 4.78 is 0. The van der Waals surface area contributed by atoms with E-state index < -0.39 is 0 Å². The van der Waals surface area contributed by atoms with Crippen molar-refractivity contribution in [1.82, 2.24) is 0 Å². The van der Waals surface area contributed by atoms with Crippen LogP contribution in [0.15, 0.2) is 58.7 Å². The maximum Gasteiger partial charge on any atom is 0.190 e. The Morgan fingerprint density at radius 2 is 1.45 bits per heavy atom. The van der Waals surface area contributed by atoms with Gasteiger partial charge in [-0.15, -0.1) is 0 Å².